The Hall–Kier alpha value is -3.63. The first kappa shape index (κ1) is 19.1. The summed E-state index contributed by atoms with van der Waals surface area (Å²) in [5, 5.41) is 11.4. The lowest BCUT2D eigenvalue weighted by Crippen LogP contribution is -2.15. The van der Waals surface area contributed by atoms with Gasteiger partial charge in [-0.25, -0.2) is 8.42 Å². The van der Waals surface area contributed by atoms with Gasteiger partial charge in [-0.15, -0.1) is 0 Å². The molecule has 0 unspecified atom stereocenters. The van der Waals surface area contributed by atoms with E-state index in [1.807, 2.05) is 0 Å². The summed E-state index contributed by atoms with van der Waals surface area (Å²) in [5.41, 5.74) is 2.05. The molecule has 3 rings (SSSR count). The summed E-state index contributed by atoms with van der Waals surface area (Å²) >= 11 is 0. The van der Waals surface area contributed by atoms with Crippen molar-refractivity contribution < 1.29 is 13.2 Å². The Balaban J connectivity index is 1.74. The van der Waals surface area contributed by atoms with E-state index >= 15 is 0 Å². The molecule has 3 aromatic carbocycles. The molecule has 0 aliphatic rings. The van der Waals surface area contributed by atoms with Crippen LogP contribution >= 0.6 is 0 Å². The standard InChI is InChI=1S/C21H17N3O3S/c22-14-13-16-9-11-18(12-10-16)23-21(25)17-5-4-6-19(15-17)24-28(26,27)20-7-2-1-3-8-20/h1-12,15,24H,13H2,(H,23,25). The van der Waals surface area contributed by atoms with E-state index in [4.69, 9.17) is 5.26 Å². The summed E-state index contributed by atoms with van der Waals surface area (Å²) in [6.07, 6.45) is 0.303. The zero-order valence-corrected chi connectivity index (χ0v) is 15.6. The molecule has 0 atom stereocenters. The van der Waals surface area contributed by atoms with Crippen molar-refractivity contribution >= 4 is 27.3 Å². The van der Waals surface area contributed by atoms with Crippen LogP contribution in [-0.2, 0) is 16.4 Å². The van der Waals surface area contributed by atoms with Gasteiger partial charge < -0.3 is 5.32 Å². The van der Waals surface area contributed by atoms with Crippen LogP contribution in [0.2, 0.25) is 0 Å². The van der Waals surface area contributed by atoms with Crippen molar-refractivity contribution in [1.82, 2.24) is 0 Å². The average molecular weight is 391 g/mol. The quantitative estimate of drug-likeness (QED) is 0.667. The number of rotatable bonds is 6. The third-order valence-corrected chi connectivity index (χ3v) is 5.32. The first-order valence-corrected chi connectivity index (χ1v) is 9.91. The Morgan fingerprint density at radius 3 is 2.29 bits per heavy atom. The molecule has 0 aromatic heterocycles. The number of anilines is 2. The van der Waals surface area contributed by atoms with Crippen LogP contribution in [0, 0.1) is 11.3 Å². The van der Waals surface area contributed by atoms with E-state index in [9.17, 15) is 13.2 Å². The third-order valence-electron chi connectivity index (χ3n) is 3.93. The van der Waals surface area contributed by atoms with E-state index < -0.39 is 10.0 Å². The molecule has 0 fully saturated rings. The summed E-state index contributed by atoms with van der Waals surface area (Å²) in [5.74, 6) is -0.367. The van der Waals surface area contributed by atoms with Gasteiger partial charge in [0.25, 0.3) is 15.9 Å². The second-order valence-electron chi connectivity index (χ2n) is 5.99. The number of carbonyl (C=O) groups is 1. The number of nitrogens with one attached hydrogen (secondary N) is 2. The maximum absolute atomic E-state index is 12.5. The lowest BCUT2D eigenvalue weighted by atomic mass is 10.1. The van der Waals surface area contributed by atoms with Gasteiger partial charge in [0.1, 0.15) is 0 Å². The monoisotopic (exact) mass is 391 g/mol. The van der Waals surface area contributed by atoms with Crippen molar-refractivity contribution in [3.63, 3.8) is 0 Å². The van der Waals surface area contributed by atoms with E-state index in [2.05, 4.69) is 16.1 Å². The fraction of sp³-hybridized carbons (Fsp3) is 0.0476. The minimum absolute atomic E-state index is 0.141. The summed E-state index contributed by atoms with van der Waals surface area (Å²) in [7, 11) is -3.73. The summed E-state index contributed by atoms with van der Waals surface area (Å²) in [4.78, 5) is 12.6. The molecular formula is C21H17N3O3S. The van der Waals surface area contributed by atoms with E-state index in [1.54, 1.807) is 60.7 Å². The van der Waals surface area contributed by atoms with Crippen LogP contribution in [0.25, 0.3) is 0 Å². The van der Waals surface area contributed by atoms with Gasteiger partial charge in [0.2, 0.25) is 0 Å². The maximum Gasteiger partial charge on any atom is 0.261 e. The normalized spacial score (nSPS) is 10.7. The van der Waals surface area contributed by atoms with Crippen molar-refractivity contribution in [1.29, 1.82) is 5.26 Å². The summed E-state index contributed by atoms with van der Waals surface area (Å²) in [6.45, 7) is 0. The van der Waals surface area contributed by atoms with Gasteiger partial charge in [0.05, 0.1) is 17.4 Å². The van der Waals surface area contributed by atoms with Crippen molar-refractivity contribution in [3.05, 3.63) is 90.0 Å². The molecule has 0 spiro atoms. The molecule has 2 N–H and O–H groups in total. The van der Waals surface area contributed by atoms with Gasteiger partial charge in [-0.2, -0.15) is 5.26 Å². The first-order chi connectivity index (χ1) is 13.5. The fourth-order valence-corrected chi connectivity index (χ4v) is 3.61. The SMILES string of the molecule is N#CCc1ccc(NC(=O)c2cccc(NS(=O)(=O)c3ccccc3)c2)cc1. The zero-order chi connectivity index (χ0) is 20.0. The molecule has 0 bridgehead atoms. The van der Waals surface area contributed by atoms with E-state index in [0.717, 1.165) is 5.56 Å². The molecule has 0 aliphatic heterocycles. The summed E-state index contributed by atoms with van der Waals surface area (Å²) < 4.78 is 27.3. The number of sulfonamides is 1. The maximum atomic E-state index is 12.5. The molecule has 28 heavy (non-hydrogen) atoms. The fourth-order valence-electron chi connectivity index (χ4n) is 2.54. The number of hydrogen-bond acceptors (Lipinski definition) is 4. The Morgan fingerprint density at radius 2 is 1.61 bits per heavy atom. The number of nitriles is 1. The number of carbonyl (C=O) groups excluding carboxylic acids is 1. The highest BCUT2D eigenvalue weighted by Crippen LogP contribution is 2.18. The van der Waals surface area contributed by atoms with Gasteiger partial charge >= 0.3 is 0 Å². The van der Waals surface area contributed by atoms with Crippen molar-refractivity contribution in [2.75, 3.05) is 10.0 Å². The van der Waals surface area contributed by atoms with Crippen LogP contribution in [0.1, 0.15) is 15.9 Å². The van der Waals surface area contributed by atoms with E-state index in [1.165, 1.54) is 18.2 Å². The second-order valence-corrected chi connectivity index (χ2v) is 7.67. The largest absolute Gasteiger partial charge is 0.322 e. The lowest BCUT2D eigenvalue weighted by molar-refractivity contribution is 0.102. The molecule has 0 aliphatic carbocycles. The second kappa shape index (κ2) is 8.37. The van der Waals surface area contributed by atoms with E-state index in [-0.39, 0.29) is 10.8 Å². The van der Waals surface area contributed by atoms with Crippen LogP contribution in [0.15, 0.2) is 83.8 Å². The molecule has 140 valence electrons. The average Bonchev–Trinajstić information content (AvgIpc) is 2.70. The Labute approximate surface area is 163 Å². The van der Waals surface area contributed by atoms with Crippen molar-refractivity contribution in [2.24, 2.45) is 0 Å². The van der Waals surface area contributed by atoms with Crippen LogP contribution in [0.4, 0.5) is 11.4 Å². The molecule has 0 radical (unpaired) electrons. The molecule has 0 saturated heterocycles. The first-order valence-electron chi connectivity index (χ1n) is 8.43. The van der Waals surface area contributed by atoms with E-state index in [0.29, 0.717) is 23.4 Å². The number of nitrogens with zero attached hydrogens (tertiary/aromatic N) is 1. The Kier molecular flexibility index (Phi) is 5.72. The van der Waals surface area contributed by atoms with Gasteiger partial charge in [-0.05, 0) is 48.0 Å². The summed E-state index contributed by atoms with van der Waals surface area (Å²) in [6, 6.07) is 23.3. The molecule has 3 aromatic rings. The lowest BCUT2D eigenvalue weighted by Gasteiger charge is -2.10. The Morgan fingerprint density at radius 1 is 0.893 bits per heavy atom. The highest BCUT2D eigenvalue weighted by Gasteiger charge is 2.14. The number of hydrogen-bond donors (Lipinski definition) is 2. The smallest absolute Gasteiger partial charge is 0.261 e. The van der Waals surface area contributed by atoms with Crippen LogP contribution in [0.3, 0.4) is 0 Å². The van der Waals surface area contributed by atoms with Gasteiger partial charge in [0, 0.05) is 16.9 Å². The minimum atomic E-state index is -3.73. The van der Waals surface area contributed by atoms with Crippen molar-refractivity contribution in [2.45, 2.75) is 11.3 Å². The third kappa shape index (κ3) is 4.75. The molecule has 7 heteroatoms. The Bertz CT molecular complexity index is 1120. The molecular weight excluding hydrogens is 374 g/mol. The predicted octanol–water partition coefficient (Wildman–Crippen LogP) is 3.81. The zero-order valence-electron chi connectivity index (χ0n) is 14.8. The highest BCUT2D eigenvalue weighted by atomic mass is 32.2. The number of amides is 1. The van der Waals surface area contributed by atoms with Crippen molar-refractivity contribution in [3.8, 4) is 6.07 Å². The van der Waals surface area contributed by atoms with Crippen LogP contribution in [0.5, 0.6) is 0 Å². The number of benzene rings is 3. The topological polar surface area (TPSA) is 99.1 Å². The van der Waals surface area contributed by atoms with Gasteiger partial charge in [-0.3, -0.25) is 9.52 Å². The highest BCUT2D eigenvalue weighted by molar-refractivity contribution is 7.92. The van der Waals surface area contributed by atoms with Crippen LogP contribution < -0.4 is 10.0 Å². The molecule has 1 amide bonds. The van der Waals surface area contributed by atoms with Gasteiger partial charge in [0.15, 0.2) is 0 Å². The van der Waals surface area contributed by atoms with Gasteiger partial charge in [-0.1, -0.05) is 36.4 Å². The van der Waals surface area contributed by atoms with Crippen LogP contribution in [-0.4, -0.2) is 14.3 Å². The predicted molar refractivity (Wildman–Crippen MR) is 107 cm³/mol. The minimum Gasteiger partial charge on any atom is -0.322 e. The molecule has 0 saturated carbocycles. The molecule has 6 nitrogen and oxygen atoms in total. The molecule has 0 heterocycles.